The number of ether oxygens (including phenoxy) is 1. The molecule has 1 fully saturated rings. The first-order valence-corrected chi connectivity index (χ1v) is 7.06. The van der Waals surface area contributed by atoms with Crippen LogP contribution in [-0.4, -0.2) is 18.8 Å². The van der Waals surface area contributed by atoms with Gasteiger partial charge < -0.3 is 10.1 Å². The molecule has 0 amide bonds. The molecule has 0 radical (unpaired) electrons. The van der Waals surface area contributed by atoms with Gasteiger partial charge in [-0.3, -0.25) is 0 Å². The fraction of sp³-hybridized carbons (Fsp3) is 0.571. The van der Waals surface area contributed by atoms with Gasteiger partial charge in [-0.05, 0) is 43.9 Å². The third kappa shape index (κ3) is 3.54. The van der Waals surface area contributed by atoms with Crippen molar-refractivity contribution in [1.29, 1.82) is 0 Å². The van der Waals surface area contributed by atoms with E-state index in [-0.39, 0.29) is 0 Å². The molecule has 2 rings (SSSR count). The first-order chi connectivity index (χ1) is 8.16. The second kappa shape index (κ2) is 5.98. The molecule has 0 saturated carbocycles. The van der Waals surface area contributed by atoms with Crippen molar-refractivity contribution in [3.63, 3.8) is 0 Å². The molecule has 94 valence electrons. The van der Waals surface area contributed by atoms with Crippen LogP contribution < -0.4 is 5.32 Å². The van der Waals surface area contributed by atoms with Gasteiger partial charge in [-0.1, -0.05) is 28.1 Å². The number of halogens is 1. The summed E-state index contributed by atoms with van der Waals surface area (Å²) in [7, 11) is 0. The van der Waals surface area contributed by atoms with Crippen LogP contribution in [0.5, 0.6) is 0 Å². The average Bonchev–Trinajstić information content (AvgIpc) is 2.81. The molecular weight excluding hydrogens is 278 g/mol. The maximum absolute atomic E-state index is 5.68. The summed E-state index contributed by atoms with van der Waals surface area (Å²) < 4.78 is 6.86. The quantitative estimate of drug-likeness (QED) is 0.919. The van der Waals surface area contributed by atoms with E-state index >= 15 is 0 Å². The predicted octanol–water partition coefficient (Wildman–Crippen LogP) is 3.41. The van der Waals surface area contributed by atoms with Crippen LogP contribution >= 0.6 is 15.9 Å². The second-order valence-electron chi connectivity index (χ2n) is 4.82. The van der Waals surface area contributed by atoms with Gasteiger partial charge in [-0.2, -0.15) is 0 Å². The maximum Gasteiger partial charge on any atom is 0.0726 e. The van der Waals surface area contributed by atoms with Gasteiger partial charge in [0, 0.05) is 23.7 Å². The normalized spacial score (nSPS) is 21.7. The highest BCUT2D eigenvalue weighted by Gasteiger charge is 2.21. The molecule has 1 aliphatic rings. The van der Waals surface area contributed by atoms with E-state index in [0.29, 0.717) is 12.1 Å². The van der Waals surface area contributed by atoms with Gasteiger partial charge in [0.05, 0.1) is 6.10 Å². The summed E-state index contributed by atoms with van der Waals surface area (Å²) in [4.78, 5) is 0. The number of aryl methyl sites for hydroxylation is 1. The standard InChI is InChI=1S/C14H20BrNO/c1-10-5-6-12(13(15)8-10)9-16-11(2)14-4-3-7-17-14/h5-6,8,11,14,16H,3-4,7,9H2,1-2H3. The minimum absolute atomic E-state index is 0.388. The molecule has 2 nitrogen and oxygen atoms in total. The van der Waals surface area contributed by atoms with Crippen LogP contribution in [0.1, 0.15) is 30.9 Å². The summed E-state index contributed by atoms with van der Waals surface area (Å²) in [5, 5.41) is 3.55. The van der Waals surface area contributed by atoms with Gasteiger partial charge in [0.1, 0.15) is 0 Å². The molecule has 1 aliphatic heterocycles. The lowest BCUT2D eigenvalue weighted by atomic mass is 10.1. The summed E-state index contributed by atoms with van der Waals surface area (Å²) in [6, 6.07) is 6.91. The number of rotatable bonds is 4. The Labute approximate surface area is 112 Å². The molecule has 17 heavy (non-hydrogen) atoms. The van der Waals surface area contributed by atoms with Crippen LogP contribution in [0.25, 0.3) is 0 Å². The monoisotopic (exact) mass is 297 g/mol. The molecule has 1 saturated heterocycles. The highest BCUT2D eigenvalue weighted by atomic mass is 79.9. The molecule has 1 aromatic rings. The van der Waals surface area contributed by atoms with Gasteiger partial charge in [0.15, 0.2) is 0 Å². The SMILES string of the molecule is Cc1ccc(CNC(C)C2CCCO2)c(Br)c1. The third-order valence-electron chi connectivity index (χ3n) is 3.35. The number of benzene rings is 1. The second-order valence-corrected chi connectivity index (χ2v) is 5.67. The van der Waals surface area contributed by atoms with Crippen LogP contribution in [0.3, 0.4) is 0 Å². The minimum Gasteiger partial charge on any atom is -0.377 e. The zero-order valence-corrected chi connectivity index (χ0v) is 12.1. The van der Waals surface area contributed by atoms with E-state index in [9.17, 15) is 0 Å². The van der Waals surface area contributed by atoms with E-state index in [4.69, 9.17) is 4.74 Å². The first kappa shape index (κ1) is 13.1. The van der Waals surface area contributed by atoms with Gasteiger partial charge >= 0.3 is 0 Å². The van der Waals surface area contributed by atoms with Crippen molar-refractivity contribution < 1.29 is 4.74 Å². The Morgan fingerprint density at radius 1 is 1.53 bits per heavy atom. The Kier molecular flexibility index (Phi) is 4.60. The predicted molar refractivity (Wildman–Crippen MR) is 74.2 cm³/mol. The van der Waals surface area contributed by atoms with Crippen molar-refractivity contribution in [3.05, 3.63) is 33.8 Å². The highest BCUT2D eigenvalue weighted by Crippen LogP contribution is 2.19. The Morgan fingerprint density at radius 2 is 2.35 bits per heavy atom. The lowest BCUT2D eigenvalue weighted by Crippen LogP contribution is -2.36. The van der Waals surface area contributed by atoms with Crippen molar-refractivity contribution in [2.45, 2.75) is 45.4 Å². The lowest BCUT2D eigenvalue weighted by molar-refractivity contribution is 0.0832. The minimum atomic E-state index is 0.388. The van der Waals surface area contributed by atoms with Crippen LogP contribution in [0.2, 0.25) is 0 Å². The molecule has 0 aromatic heterocycles. The molecule has 2 atom stereocenters. The Bertz CT molecular complexity index is 374. The van der Waals surface area contributed by atoms with Crippen LogP contribution in [-0.2, 0) is 11.3 Å². The van der Waals surface area contributed by atoms with Crippen molar-refractivity contribution in [3.8, 4) is 0 Å². The molecule has 1 heterocycles. The fourth-order valence-electron chi connectivity index (χ4n) is 2.19. The number of nitrogens with one attached hydrogen (secondary N) is 1. The van der Waals surface area contributed by atoms with Crippen molar-refractivity contribution >= 4 is 15.9 Å². The van der Waals surface area contributed by atoms with E-state index < -0.39 is 0 Å². The molecule has 3 heteroatoms. The topological polar surface area (TPSA) is 21.3 Å². The molecular formula is C14H20BrNO. The maximum atomic E-state index is 5.68. The summed E-state index contributed by atoms with van der Waals surface area (Å²) in [5.74, 6) is 0. The number of hydrogen-bond acceptors (Lipinski definition) is 2. The van der Waals surface area contributed by atoms with E-state index in [1.165, 1.54) is 28.4 Å². The average molecular weight is 298 g/mol. The summed E-state index contributed by atoms with van der Waals surface area (Å²) >= 11 is 3.61. The van der Waals surface area contributed by atoms with Gasteiger partial charge in [-0.15, -0.1) is 0 Å². The van der Waals surface area contributed by atoms with Gasteiger partial charge in [0.2, 0.25) is 0 Å². The molecule has 0 bridgehead atoms. The Hall–Kier alpha value is -0.380. The molecule has 1 N–H and O–H groups in total. The lowest BCUT2D eigenvalue weighted by Gasteiger charge is -2.20. The van der Waals surface area contributed by atoms with Crippen molar-refractivity contribution in [2.24, 2.45) is 0 Å². The third-order valence-corrected chi connectivity index (χ3v) is 4.08. The van der Waals surface area contributed by atoms with Crippen LogP contribution in [0.15, 0.2) is 22.7 Å². The largest absolute Gasteiger partial charge is 0.377 e. The van der Waals surface area contributed by atoms with Gasteiger partial charge in [-0.25, -0.2) is 0 Å². The van der Waals surface area contributed by atoms with E-state index in [0.717, 1.165) is 13.2 Å². The van der Waals surface area contributed by atoms with E-state index in [1.54, 1.807) is 0 Å². The zero-order valence-electron chi connectivity index (χ0n) is 10.5. The van der Waals surface area contributed by atoms with E-state index in [2.05, 4.69) is 53.3 Å². The molecule has 0 aliphatic carbocycles. The van der Waals surface area contributed by atoms with Crippen LogP contribution in [0.4, 0.5) is 0 Å². The Morgan fingerprint density at radius 3 is 3.00 bits per heavy atom. The fourth-order valence-corrected chi connectivity index (χ4v) is 2.83. The molecule has 2 unspecified atom stereocenters. The summed E-state index contributed by atoms with van der Waals surface area (Å²) in [6.07, 6.45) is 2.77. The van der Waals surface area contributed by atoms with Crippen molar-refractivity contribution in [1.82, 2.24) is 5.32 Å². The summed E-state index contributed by atoms with van der Waals surface area (Å²) in [5.41, 5.74) is 2.59. The van der Waals surface area contributed by atoms with E-state index in [1.807, 2.05) is 0 Å². The summed E-state index contributed by atoms with van der Waals surface area (Å²) in [6.45, 7) is 6.13. The van der Waals surface area contributed by atoms with Gasteiger partial charge in [0.25, 0.3) is 0 Å². The van der Waals surface area contributed by atoms with Crippen molar-refractivity contribution in [2.75, 3.05) is 6.61 Å². The Balaban J connectivity index is 1.88. The molecule has 1 aromatic carbocycles. The first-order valence-electron chi connectivity index (χ1n) is 6.27. The van der Waals surface area contributed by atoms with Crippen LogP contribution in [0, 0.1) is 6.92 Å². The number of hydrogen-bond donors (Lipinski definition) is 1. The molecule has 0 spiro atoms. The smallest absolute Gasteiger partial charge is 0.0726 e. The zero-order chi connectivity index (χ0) is 12.3. The highest BCUT2D eigenvalue weighted by molar-refractivity contribution is 9.10.